The molecular formula is C14H18FN3O. The van der Waals surface area contributed by atoms with Gasteiger partial charge in [-0.15, -0.1) is 0 Å². The lowest BCUT2D eigenvalue weighted by molar-refractivity contribution is 0.387. The number of hydrogen-bond donors (Lipinski definition) is 1. The molecule has 0 radical (unpaired) electrons. The Bertz CT molecular complexity index is 604. The second-order valence-corrected chi connectivity index (χ2v) is 5.18. The molecule has 19 heavy (non-hydrogen) atoms. The molecule has 1 aromatic carbocycles. The number of imidazole rings is 1. The second-order valence-electron chi connectivity index (χ2n) is 5.18. The van der Waals surface area contributed by atoms with Gasteiger partial charge in [-0.05, 0) is 18.8 Å². The standard InChI is InChI=1S/C14H18FN3O/c1-19-13-8-12-11(7-10(13)15)17-14(16)18(12)6-2-3-9-4-5-9/h7-9H,2-6H2,1H3,(H2,16,17). The molecule has 3 rings (SSSR count). The summed E-state index contributed by atoms with van der Waals surface area (Å²) in [5.74, 6) is 1.18. The van der Waals surface area contributed by atoms with E-state index in [4.69, 9.17) is 10.5 Å². The van der Waals surface area contributed by atoms with Gasteiger partial charge < -0.3 is 15.0 Å². The molecule has 2 N–H and O–H groups in total. The fraction of sp³-hybridized carbons (Fsp3) is 0.500. The third kappa shape index (κ3) is 2.37. The number of nitrogen functional groups attached to an aromatic ring is 1. The van der Waals surface area contributed by atoms with Gasteiger partial charge in [0.05, 0.1) is 18.1 Å². The van der Waals surface area contributed by atoms with Gasteiger partial charge in [0.1, 0.15) is 0 Å². The van der Waals surface area contributed by atoms with E-state index in [1.165, 1.54) is 32.4 Å². The minimum Gasteiger partial charge on any atom is -0.494 e. The minimum atomic E-state index is -0.405. The first-order valence-corrected chi connectivity index (χ1v) is 6.68. The number of fused-ring (bicyclic) bond motifs is 1. The summed E-state index contributed by atoms with van der Waals surface area (Å²) < 4.78 is 20.6. The Morgan fingerprint density at radius 1 is 1.47 bits per heavy atom. The van der Waals surface area contributed by atoms with Crippen molar-refractivity contribution in [1.29, 1.82) is 0 Å². The summed E-state index contributed by atoms with van der Waals surface area (Å²) in [6.07, 6.45) is 5.04. The van der Waals surface area contributed by atoms with E-state index in [0.717, 1.165) is 24.4 Å². The van der Waals surface area contributed by atoms with Crippen molar-refractivity contribution in [3.8, 4) is 5.75 Å². The highest BCUT2D eigenvalue weighted by molar-refractivity contribution is 5.80. The summed E-state index contributed by atoms with van der Waals surface area (Å²) in [6, 6.07) is 3.05. The predicted octanol–water partition coefficient (Wildman–Crippen LogP) is 2.96. The topological polar surface area (TPSA) is 53.1 Å². The molecule has 4 nitrogen and oxygen atoms in total. The highest BCUT2D eigenvalue weighted by Gasteiger charge is 2.20. The van der Waals surface area contributed by atoms with E-state index in [1.54, 1.807) is 6.07 Å². The van der Waals surface area contributed by atoms with Gasteiger partial charge in [-0.25, -0.2) is 9.37 Å². The van der Waals surface area contributed by atoms with Gasteiger partial charge in [-0.3, -0.25) is 0 Å². The number of aromatic nitrogens is 2. The minimum absolute atomic E-state index is 0.232. The number of nitrogens with zero attached hydrogens (tertiary/aromatic N) is 2. The SMILES string of the molecule is COc1cc2c(cc1F)nc(N)n2CCCC1CC1. The zero-order valence-electron chi connectivity index (χ0n) is 11.0. The molecule has 1 saturated carbocycles. The van der Waals surface area contributed by atoms with Crippen molar-refractivity contribution in [2.45, 2.75) is 32.2 Å². The van der Waals surface area contributed by atoms with Crippen LogP contribution in [0.4, 0.5) is 10.3 Å². The maximum Gasteiger partial charge on any atom is 0.201 e. The lowest BCUT2D eigenvalue weighted by atomic mass is 10.2. The number of rotatable bonds is 5. The maximum atomic E-state index is 13.6. The average Bonchev–Trinajstić information content (AvgIpc) is 3.15. The molecule has 0 saturated heterocycles. The Labute approximate surface area is 111 Å². The number of ether oxygens (including phenoxy) is 1. The van der Waals surface area contributed by atoms with Gasteiger partial charge in [0, 0.05) is 18.7 Å². The Hall–Kier alpha value is -1.78. The van der Waals surface area contributed by atoms with E-state index in [-0.39, 0.29) is 5.75 Å². The fourth-order valence-corrected chi connectivity index (χ4v) is 2.48. The third-order valence-corrected chi connectivity index (χ3v) is 3.74. The molecule has 0 aliphatic heterocycles. The van der Waals surface area contributed by atoms with Gasteiger partial charge >= 0.3 is 0 Å². The molecule has 1 aliphatic carbocycles. The van der Waals surface area contributed by atoms with Crippen molar-refractivity contribution in [3.63, 3.8) is 0 Å². The van der Waals surface area contributed by atoms with Crippen LogP contribution in [0, 0.1) is 11.7 Å². The number of methoxy groups -OCH3 is 1. The molecular weight excluding hydrogens is 245 g/mol. The number of hydrogen-bond acceptors (Lipinski definition) is 3. The van der Waals surface area contributed by atoms with E-state index in [0.29, 0.717) is 11.5 Å². The Kier molecular flexibility index (Phi) is 3.05. The largest absolute Gasteiger partial charge is 0.494 e. The predicted molar refractivity (Wildman–Crippen MR) is 72.6 cm³/mol. The molecule has 1 fully saturated rings. The summed E-state index contributed by atoms with van der Waals surface area (Å²) in [5.41, 5.74) is 7.34. The second kappa shape index (κ2) is 4.72. The molecule has 102 valence electrons. The molecule has 0 bridgehead atoms. The maximum absolute atomic E-state index is 13.6. The van der Waals surface area contributed by atoms with Crippen LogP contribution in [0.5, 0.6) is 5.75 Å². The van der Waals surface area contributed by atoms with Crippen LogP contribution >= 0.6 is 0 Å². The van der Waals surface area contributed by atoms with Gasteiger partial charge in [0.25, 0.3) is 0 Å². The fourth-order valence-electron chi connectivity index (χ4n) is 2.48. The normalized spacial score (nSPS) is 15.1. The van der Waals surface area contributed by atoms with E-state index >= 15 is 0 Å². The zero-order chi connectivity index (χ0) is 13.4. The lowest BCUT2D eigenvalue weighted by Gasteiger charge is -2.07. The van der Waals surface area contributed by atoms with Crippen LogP contribution in [0.3, 0.4) is 0 Å². The number of anilines is 1. The summed E-state index contributed by atoms with van der Waals surface area (Å²) >= 11 is 0. The van der Waals surface area contributed by atoms with Crippen molar-refractivity contribution < 1.29 is 9.13 Å². The van der Waals surface area contributed by atoms with Crippen molar-refractivity contribution in [1.82, 2.24) is 9.55 Å². The molecule has 1 aliphatic rings. The first-order chi connectivity index (χ1) is 9.19. The molecule has 0 atom stereocenters. The van der Waals surface area contributed by atoms with Crippen LogP contribution in [0.2, 0.25) is 0 Å². The monoisotopic (exact) mass is 263 g/mol. The van der Waals surface area contributed by atoms with Gasteiger partial charge in [0.15, 0.2) is 11.6 Å². The van der Waals surface area contributed by atoms with Crippen molar-refractivity contribution in [3.05, 3.63) is 17.9 Å². The lowest BCUT2D eigenvalue weighted by Crippen LogP contribution is -2.03. The third-order valence-electron chi connectivity index (χ3n) is 3.74. The molecule has 0 spiro atoms. The van der Waals surface area contributed by atoms with Gasteiger partial charge in [-0.2, -0.15) is 0 Å². The number of benzene rings is 1. The summed E-state index contributed by atoms with van der Waals surface area (Å²) in [7, 11) is 1.46. The molecule has 2 aromatic rings. The number of aryl methyl sites for hydroxylation is 1. The molecule has 0 unspecified atom stereocenters. The molecule has 5 heteroatoms. The average molecular weight is 263 g/mol. The number of nitrogens with two attached hydrogens (primary N) is 1. The van der Waals surface area contributed by atoms with Crippen molar-refractivity contribution in [2.24, 2.45) is 5.92 Å². The van der Waals surface area contributed by atoms with Crippen LogP contribution in [0.15, 0.2) is 12.1 Å². The molecule has 1 aromatic heterocycles. The smallest absolute Gasteiger partial charge is 0.201 e. The zero-order valence-corrected chi connectivity index (χ0v) is 11.0. The van der Waals surface area contributed by atoms with Crippen LogP contribution in [0.1, 0.15) is 25.7 Å². The van der Waals surface area contributed by atoms with Crippen molar-refractivity contribution in [2.75, 3.05) is 12.8 Å². The first kappa shape index (κ1) is 12.3. The van der Waals surface area contributed by atoms with Gasteiger partial charge in [-0.1, -0.05) is 12.8 Å². The van der Waals surface area contributed by atoms with Crippen LogP contribution in [0.25, 0.3) is 11.0 Å². The van der Waals surface area contributed by atoms with Gasteiger partial charge in [0.2, 0.25) is 5.95 Å². The van der Waals surface area contributed by atoms with Crippen LogP contribution in [-0.4, -0.2) is 16.7 Å². The Morgan fingerprint density at radius 2 is 2.26 bits per heavy atom. The summed E-state index contributed by atoms with van der Waals surface area (Å²) in [5, 5.41) is 0. The highest BCUT2D eigenvalue weighted by Crippen LogP contribution is 2.34. The first-order valence-electron chi connectivity index (χ1n) is 6.68. The van der Waals surface area contributed by atoms with Crippen LogP contribution < -0.4 is 10.5 Å². The van der Waals surface area contributed by atoms with E-state index in [2.05, 4.69) is 4.98 Å². The van der Waals surface area contributed by atoms with E-state index in [9.17, 15) is 4.39 Å². The molecule has 0 amide bonds. The number of halogens is 1. The van der Waals surface area contributed by atoms with Crippen LogP contribution in [-0.2, 0) is 6.54 Å². The molecule has 1 heterocycles. The Morgan fingerprint density at radius 3 is 2.95 bits per heavy atom. The highest BCUT2D eigenvalue weighted by atomic mass is 19.1. The Balaban J connectivity index is 1.89. The summed E-state index contributed by atoms with van der Waals surface area (Å²) in [4.78, 5) is 4.21. The van der Waals surface area contributed by atoms with E-state index < -0.39 is 5.82 Å². The summed E-state index contributed by atoms with van der Waals surface area (Å²) in [6.45, 7) is 0.827. The van der Waals surface area contributed by atoms with Crippen molar-refractivity contribution >= 4 is 17.0 Å². The quantitative estimate of drug-likeness (QED) is 0.902. The van der Waals surface area contributed by atoms with E-state index in [1.807, 2.05) is 4.57 Å².